The molecule has 1 heterocycles. The number of nitrogens with one attached hydrogen (secondary N) is 1. The van der Waals surface area contributed by atoms with Crippen LogP contribution in [-0.4, -0.2) is 25.4 Å². The second-order valence-corrected chi connectivity index (χ2v) is 6.49. The molecule has 4 heteroatoms. The van der Waals surface area contributed by atoms with Gasteiger partial charge in [0.1, 0.15) is 5.83 Å². The first kappa shape index (κ1) is 16.8. The van der Waals surface area contributed by atoms with E-state index in [9.17, 15) is 4.39 Å². The lowest BCUT2D eigenvalue weighted by Crippen LogP contribution is -2.21. The third kappa shape index (κ3) is 3.42. The van der Waals surface area contributed by atoms with Crippen molar-refractivity contribution in [3.63, 3.8) is 0 Å². The summed E-state index contributed by atoms with van der Waals surface area (Å²) in [7, 11) is 0. The van der Waals surface area contributed by atoms with Gasteiger partial charge in [-0.05, 0) is 45.6 Å². The van der Waals surface area contributed by atoms with Gasteiger partial charge in [-0.2, -0.15) is 0 Å². The van der Waals surface area contributed by atoms with E-state index in [0.29, 0.717) is 12.5 Å². The Labute approximate surface area is 133 Å². The lowest BCUT2D eigenvalue weighted by molar-refractivity contribution is 0.175. The summed E-state index contributed by atoms with van der Waals surface area (Å²) in [6.45, 7) is 10.9. The first-order valence-electron chi connectivity index (χ1n) is 8.01. The van der Waals surface area contributed by atoms with Crippen molar-refractivity contribution in [2.45, 2.75) is 47.1 Å². The summed E-state index contributed by atoms with van der Waals surface area (Å²) in [5, 5.41) is 3.32. The zero-order chi connectivity index (χ0) is 16.3. The fourth-order valence-electron chi connectivity index (χ4n) is 3.02. The molecule has 0 amide bonds. The van der Waals surface area contributed by atoms with E-state index in [0.717, 1.165) is 30.0 Å². The van der Waals surface area contributed by atoms with E-state index in [2.05, 4.69) is 24.2 Å². The van der Waals surface area contributed by atoms with Gasteiger partial charge in [0.2, 0.25) is 0 Å². The van der Waals surface area contributed by atoms with Crippen LogP contribution in [0.25, 0.3) is 0 Å². The molecular formula is C18H27FN2O. The zero-order valence-corrected chi connectivity index (χ0v) is 14.2. The molecule has 0 aromatic heterocycles. The zero-order valence-electron chi connectivity index (χ0n) is 14.2. The maximum absolute atomic E-state index is 13.9. The second-order valence-electron chi connectivity index (χ2n) is 6.49. The molecule has 0 bridgehead atoms. The van der Waals surface area contributed by atoms with Gasteiger partial charge in [0.25, 0.3) is 0 Å². The lowest BCUT2D eigenvalue weighted by atomic mass is 9.93. The smallest absolute Gasteiger partial charge is 0.155 e. The largest absolute Gasteiger partial charge is 0.489 e. The first-order valence-corrected chi connectivity index (χ1v) is 8.01. The van der Waals surface area contributed by atoms with Crippen molar-refractivity contribution in [1.82, 2.24) is 5.32 Å². The summed E-state index contributed by atoms with van der Waals surface area (Å²) in [6, 6.07) is 0.233. The van der Waals surface area contributed by atoms with Gasteiger partial charge in [-0.1, -0.05) is 19.1 Å². The Kier molecular flexibility index (Phi) is 5.09. The van der Waals surface area contributed by atoms with Gasteiger partial charge in [-0.3, -0.25) is 4.99 Å². The Morgan fingerprint density at radius 3 is 2.77 bits per heavy atom. The second kappa shape index (κ2) is 6.67. The summed E-state index contributed by atoms with van der Waals surface area (Å²) in [4.78, 5) is 4.44. The van der Waals surface area contributed by atoms with Gasteiger partial charge in [-0.15, -0.1) is 0 Å². The number of ether oxygens (including phenoxy) is 1. The molecule has 1 saturated carbocycles. The fraction of sp³-hybridized carbons (Fsp3) is 0.611. The van der Waals surface area contributed by atoms with Crippen molar-refractivity contribution in [2.24, 2.45) is 16.3 Å². The van der Waals surface area contributed by atoms with Crippen LogP contribution in [0.15, 0.2) is 40.0 Å². The highest BCUT2D eigenvalue weighted by Gasteiger charge is 2.54. The molecule has 1 fully saturated rings. The molecule has 0 radical (unpaired) electrons. The predicted molar refractivity (Wildman–Crippen MR) is 89.4 cm³/mol. The standard InChI is InChI=1S/C18H27FN2O/c1-6-7-16(14(4)19)18(8-12(18)2)11-22-17-10-20-13(3)9-21-15(17)5/h6-7,10,12-13,21H,8-9,11H2,1-5H3/b7-6-,16-14-/t12?,13?,18-/m0/s1. The SMILES string of the molecule is C/C=C\C(=C(/C)F)[C@]1(COC2=C(C)NCC(C)N=C2)CC1C. The Balaban J connectivity index is 2.15. The Hall–Kier alpha value is -1.58. The summed E-state index contributed by atoms with van der Waals surface area (Å²) in [5.41, 5.74) is 1.56. The Bertz CT molecular complexity index is 543. The predicted octanol–water partition coefficient (Wildman–Crippen LogP) is 4.14. The van der Waals surface area contributed by atoms with E-state index < -0.39 is 0 Å². The van der Waals surface area contributed by atoms with Crippen LogP contribution in [0.5, 0.6) is 0 Å². The molecule has 0 saturated heterocycles. The minimum Gasteiger partial charge on any atom is -0.489 e. The van der Waals surface area contributed by atoms with Crippen molar-refractivity contribution >= 4 is 6.21 Å². The maximum atomic E-state index is 13.9. The third-order valence-electron chi connectivity index (χ3n) is 4.66. The van der Waals surface area contributed by atoms with Crippen LogP contribution >= 0.6 is 0 Å². The van der Waals surface area contributed by atoms with Crippen molar-refractivity contribution in [3.8, 4) is 0 Å². The molecule has 2 aliphatic rings. The number of hydrogen-bond acceptors (Lipinski definition) is 3. The Morgan fingerprint density at radius 1 is 1.55 bits per heavy atom. The molecule has 3 nitrogen and oxygen atoms in total. The van der Waals surface area contributed by atoms with Gasteiger partial charge in [-0.25, -0.2) is 4.39 Å². The molecule has 0 aromatic rings. The van der Waals surface area contributed by atoms with Gasteiger partial charge in [0.15, 0.2) is 5.76 Å². The molecule has 2 rings (SSSR count). The molecule has 3 atom stereocenters. The number of hydrogen-bond donors (Lipinski definition) is 1. The van der Waals surface area contributed by atoms with Crippen molar-refractivity contribution in [2.75, 3.05) is 13.2 Å². The van der Waals surface area contributed by atoms with Gasteiger partial charge >= 0.3 is 0 Å². The number of halogens is 1. The average molecular weight is 306 g/mol. The number of aliphatic imine (C=N–C) groups is 1. The van der Waals surface area contributed by atoms with Crippen LogP contribution in [0.2, 0.25) is 0 Å². The van der Waals surface area contributed by atoms with Crippen LogP contribution in [0, 0.1) is 11.3 Å². The van der Waals surface area contributed by atoms with Crippen molar-refractivity contribution in [1.29, 1.82) is 0 Å². The monoisotopic (exact) mass is 306 g/mol. The molecule has 1 aliphatic carbocycles. The molecule has 1 N–H and O–H groups in total. The third-order valence-corrected chi connectivity index (χ3v) is 4.66. The summed E-state index contributed by atoms with van der Waals surface area (Å²) in [6.07, 6.45) is 6.53. The molecule has 0 aromatic carbocycles. The van der Waals surface area contributed by atoms with E-state index in [-0.39, 0.29) is 17.3 Å². The molecule has 2 unspecified atom stereocenters. The van der Waals surface area contributed by atoms with Gasteiger partial charge < -0.3 is 10.1 Å². The normalized spacial score (nSPS) is 32.6. The van der Waals surface area contributed by atoms with Crippen LogP contribution in [0.3, 0.4) is 0 Å². The van der Waals surface area contributed by atoms with Crippen LogP contribution in [0.4, 0.5) is 4.39 Å². The van der Waals surface area contributed by atoms with Crippen LogP contribution in [0.1, 0.15) is 41.0 Å². The van der Waals surface area contributed by atoms with Crippen LogP contribution < -0.4 is 5.32 Å². The summed E-state index contributed by atoms with van der Waals surface area (Å²) in [5.74, 6) is 1.08. The number of nitrogens with zero attached hydrogens (tertiary/aromatic N) is 1. The van der Waals surface area contributed by atoms with Crippen LogP contribution in [-0.2, 0) is 4.74 Å². The summed E-state index contributed by atoms with van der Waals surface area (Å²) < 4.78 is 20.0. The molecule has 122 valence electrons. The molecule has 1 aliphatic heterocycles. The highest BCUT2D eigenvalue weighted by Crippen LogP contribution is 2.59. The van der Waals surface area contributed by atoms with E-state index in [4.69, 9.17) is 4.74 Å². The highest BCUT2D eigenvalue weighted by atomic mass is 19.1. The number of allylic oxidation sites excluding steroid dienone is 5. The fourth-order valence-corrected chi connectivity index (χ4v) is 3.02. The van der Waals surface area contributed by atoms with E-state index in [1.54, 1.807) is 6.21 Å². The van der Waals surface area contributed by atoms with Gasteiger partial charge in [0.05, 0.1) is 24.6 Å². The van der Waals surface area contributed by atoms with E-state index >= 15 is 0 Å². The van der Waals surface area contributed by atoms with Crippen molar-refractivity contribution < 1.29 is 9.13 Å². The highest BCUT2D eigenvalue weighted by molar-refractivity contribution is 5.77. The van der Waals surface area contributed by atoms with E-state index in [1.165, 1.54) is 6.92 Å². The molecule has 0 spiro atoms. The van der Waals surface area contributed by atoms with Crippen molar-refractivity contribution in [3.05, 3.63) is 35.0 Å². The maximum Gasteiger partial charge on any atom is 0.155 e. The van der Waals surface area contributed by atoms with Gasteiger partial charge in [0, 0.05) is 12.0 Å². The topological polar surface area (TPSA) is 33.6 Å². The molecule has 22 heavy (non-hydrogen) atoms. The molecular weight excluding hydrogens is 279 g/mol. The lowest BCUT2D eigenvalue weighted by Gasteiger charge is -2.20. The minimum absolute atomic E-state index is 0.113. The van der Waals surface area contributed by atoms with E-state index in [1.807, 2.05) is 26.0 Å². The number of rotatable bonds is 5. The quantitative estimate of drug-likeness (QED) is 0.774. The minimum atomic E-state index is -0.204. The summed E-state index contributed by atoms with van der Waals surface area (Å²) >= 11 is 0. The average Bonchev–Trinajstić information content (AvgIpc) is 3.15. The first-order chi connectivity index (χ1) is 10.4. The Morgan fingerprint density at radius 2 is 2.23 bits per heavy atom.